The maximum atomic E-state index is 12.9. The van der Waals surface area contributed by atoms with Crippen LogP contribution < -0.4 is 5.73 Å². The van der Waals surface area contributed by atoms with Crippen LogP contribution in [-0.2, 0) is 23.2 Å². The smallest absolute Gasteiger partial charge is 0.236 e. The fraction of sp³-hybridized carbons (Fsp3) is 0.500. The largest absolute Gasteiger partial charge is 0.368 e. The van der Waals surface area contributed by atoms with Crippen LogP contribution in [0.15, 0.2) is 30.7 Å². The van der Waals surface area contributed by atoms with Gasteiger partial charge in [-0.05, 0) is 49.9 Å². The molecule has 142 valence electrons. The fourth-order valence-electron chi connectivity index (χ4n) is 4.49. The van der Waals surface area contributed by atoms with Crippen LogP contribution in [0.3, 0.4) is 0 Å². The van der Waals surface area contributed by atoms with Crippen molar-refractivity contribution in [3.63, 3.8) is 0 Å². The molecule has 2 aliphatic rings. The van der Waals surface area contributed by atoms with Gasteiger partial charge in [0.15, 0.2) is 0 Å². The summed E-state index contributed by atoms with van der Waals surface area (Å²) in [6, 6.07) is 3.95. The summed E-state index contributed by atoms with van der Waals surface area (Å²) in [4.78, 5) is 29.8. The minimum absolute atomic E-state index is 0.0533. The Hall–Kier alpha value is -2.54. The summed E-state index contributed by atoms with van der Waals surface area (Å²) in [6.45, 7) is 2.67. The number of fused-ring (bicyclic) bond motifs is 2. The molecule has 1 aliphatic heterocycles. The zero-order valence-electron chi connectivity index (χ0n) is 15.8. The molecule has 1 saturated heterocycles. The van der Waals surface area contributed by atoms with Gasteiger partial charge in [-0.2, -0.15) is 0 Å². The molecule has 0 saturated carbocycles. The molecule has 1 atom stereocenters. The van der Waals surface area contributed by atoms with Crippen LogP contribution in [0, 0.1) is 0 Å². The number of nitrogen functional groups attached to an aromatic ring is 1. The number of aryl methyl sites for hydroxylation is 1. The molecule has 2 N–H and O–H groups in total. The van der Waals surface area contributed by atoms with Crippen LogP contribution in [0.2, 0.25) is 0 Å². The van der Waals surface area contributed by atoms with E-state index in [-0.39, 0.29) is 11.3 Å². The van der Waals surface area contributed by atoms with Crippen molar-refractivity contribution in [1.29, 1.82) is 0 Å². The summed E-state index contributed by atoms with van der Waals surface area (Å²) >= 11 is 0. The molecule has 1 aliphatic carbocycles. The van der Waals surface area contributed by atoms with E-state index in [4.69, 9.17) is 5.73 Å². The van der Waals surface area contributed by atoms with Crippen molar-refractivity contribution in [2.24, 2.45) is 0 Å². The van der Waals surface area contributed by atoms with Crippen LogP contribution in [-0.4, -0.2) is 57.3 Å². The van der Waals surface area contributed by atoms with E-state index in [1.807, 2.05) is 41.4 Å². The number of piperidine rings is 1. The molecule has 1 unspecified atom stereocenters. The van der Waals surface area contributed by atoms with Crippen LogP contribution in [0.1, 0.15) is 36.1 Å². The number of rotatable bonds is 4. The van der Waals surface area contributed by atoms with Gasteiger partial charge in [0, 0.05) is 43.6 Å². The lowest BCUT2D eigenvalue weighted by molar-refractivity contribution is -0.134. The predicted molar refractivity (Wildman–Crippen MR) is 103 cm³/mol. The van der Waals surface area contributed by atoms with E-state index >= 15 is 0 Å². The van der Waals surface area contributed by atoms with Crippen molar-refractivity contribution in [2.45, 2.75) is 37.6 Å². The quantitative estimate of drug-likeness (QED) is 0.880. The summed E-state index contributed by atoms with van der Waals surface area (Å²) in [5.74, 6) is 0.505. The van der Waals surface area contributed by atoms with E-state index in [0.717, 1.165) is 50.0 Å². The van der Waals surface area contributed by atoms with E-state index in [1.54, 1.807) is 6.20 Å². The fourth-order valence-corrected chi connectivity index (χ4v) is 4.49. The second-order valence-corrected chi connectivity index (χ2v) is 7.83. The first-order valence-corrected chi connectivity index (χ1v) is 9.53. The lowest BCUT2D eigenvalue weighted by Crippen LogP contribution is -2.50. The highest BCUT2D eigenvalue weighted by Crippen LogP contribution is 2.43. The maximum absolute atomic E-state index is 12.9. The molecule has 2 aromatic heterocycles. The van der Waals surface area contributed by atoms with Gasteiger partial charge in [-0.1, -0.05) is 6.07 Å². The van der Waals surface area contributed by atoms with Crippen LogP contribution >= 0.6 is 0 Å². The lowest BCUT2D eigenvalue weighted by Gasteiger charge is -2.41. The van der Waals surface area contributed by atoms with E-state index in [9.17, 15) is 4.79 Å². The highest BCUT2D eigenvalue weighted by molar-refractivity contribution is 5.78. The average Bonchev–Trinajstić information content (AvgIpc) is 3.00. The number of nitrogens with zero attached hydrogens (tertiary/aromatic N) is 5. The van der Waals surface area contributed by atoms with Gasteiger partial charge in [0.25, 0.3) is 0 Å². The molecule has 1 spiro atoms. The highest BCUT2D eigenvalue weighted by Gasteiger charge is 2.44. The van der Waals surface area contributed by atoms with Crippen molar-refractivity contribution in [1.82, 2.24) is 24.8 Å². The second-order valence-electron chi connectivity index (χ2n) is 7.83. The topological polar surface area (TPSA) is 88.2 Å². The number of hydrogen-bond acceptors (Lipinski definition) is 6. The molecular formula is C20H26N6O. The number of hydrogen-bond donors (Lipinski definition) is 1. The van der Waals surface area contributed by atoms with Crippen molar-refractivity contribution >= 4 is 11.9 Å². The summed E-state index contributed by atoms with van der Waals surface area (Å²) in [6.07, 6.45) is 9.52. The Morgan fingerprint density at radius 1 is 1.37 bits per heavy atom. The Balaban J connectivity index is 1.43. The van der Waals surface area contributed by atoms with Gasteiger partial charge in [0.2, 0.25) is 11.9 Å². The summed E-state index contributed by atoms with van der Waals surface area (Å²) in [5.41, 5.74) is 9.15. The Bertz CT molecular complexity index is 822. The van der Waals surface area contributed by atoms with Gasteiger partial charge in [-0.3, -0.25) is 14.7 Å². The van der Waals surface area contributed by atoms with E-state index in [0.29, 0.717) is 19.0 Å². The van der Waals surface area contributed by atoms with Crippen molar-refractivity contribution in [3.05, 3.63) is 47.5 Å². The van der Waals surface area contributed by atoms with E-state index < -0.39 is 0 Å². The SMILES string of the molecule is CN(CC(=O)N1CCCC2(CCc3cnc(N)nc32)C1)Cc1cccnc1. The van der Waals surface area contributed by atoms with E-state index in [1.165, 1.54) is 5.56 Å². The number of amides is 1. The lowest BCUT2D eigenvalue weighted by atomic mass is 9.77. The van der Waals surface area contributed by atoms with Crippen LogP contribution in [0.4, 0.5) is 5.95 Å². The number of aromatic nitrogens is 3. The summed E-state index contributed by atoms with van der Waals surface area (Å²) in [7, 11) is 1.98. The molecule has 3 heterocycles. The predicted octanol–water partition coefficient (Wildman–Crippen LogP) is 1.39. The maximum Gasteiger partial charge on any atom is 0.236 e. The first-order valence-electron chi connectivity index (χ1n) is 9.53. The minimum atomic E-state index is -0.0533. The third-order valence-corrected chi connectivity index (χ3v) is 5.77. The zero-order valence-corrected chi connectivity index (χ0v) is 15.8. The first-order chi connectivity index (χ1) is 13.1. The molecule has 7 heteroatoms. The number of anilines is 1. The molecule has 1 fully saturated rings. The summed E-state index contributed by atoms with van der Waals surface area (Å²) < 4.78 is 0. The van der Waals surface area contributed by atoms with Gasteiger partial charge in [0.1, 0.15) is 0 Å². The van der Waals surface area contributed by atoms with Crippen molar-refractivity contribution < 1.29 is 4.79 Å². The van der Waals surface area contributed by atoms with Crippen LogP contribution in [0.5, 0.6) is 0 Å². The number of carbonyl (C=O) groups excluding carboxylic acids is 1. The average molecular weight is 366 g/mol. The van der Waals surface area contributed by atoms with Crippen molar-refractivity contribution in [2.75, 3.05) is 32.4 Å². The molecule has 1 amide bonds. The monoisotopic (exact) mass is 366 g/mol. The third kappa shape index (κ3) is 3.64. The number of likely N-dealkylation sites (N-methyl/N-ethyl adjacent to an activating group) is 1. The second kappa shape index (κ2) is 7.23. The summed E-state index contributed by atoms with van der Waals surface area (Å²) in [5, 5.41) is 0. The normalized spacial score (nSPS) is 21.6. The Kier molecular flexibility index (Phi) is 4.78. The Morgan fingerprint density at radius 3 is 3.07 bits per heavy atom. The zero-order chi connectivity index (χ0) is 18.9. The van der Waals surface area contributed by atoms with Crippen molar-refractivity contribution in [3.8, 4) is 0 Å². The molecule has 0 radical (unpaired) electrons. The highest BCUT2D eigenvalue weighted by atomic mass is 16.2. The number of pyridine rings is 1. The Morgan fingerprint density at radius 2 is 2.26 bits per heavy atom. The number of carbonyl (C=O) groups is 1. The molecule has 0 aromatic carbocycles. The molecule has 27 heavy (non-hydrogen) atoms. The molecular weight excluding hydrogens is 340 g/mol. The number of likely N-dealkylation sites (tertiary alicyclic amines) is 1. The van der Waals surface area contributed by atoms with Gasteiger partial charge in [0.05, 0.1) is 12.2 Å². The standard InChI is InChI=1S/C20H26N6O/c1-25(12-15-4-2-8-22-10-15)13-17(27)26-9-3-6-20(14-26)7-5-16-11-23-19(21)24-18(16)20/h2,4,8,10-11H,3,5-7,9,12-14H2,1H3,(H2,21,23,24). The van der Waals surface area contributed by atoms with Gasteiger partial charge >= 0.3 is 0 Å². The minimum Gasteiger partial charge on any atom is -0.368 e. The molecule has 7 nitrogen and oxygen atoms in total. The van der Waals surface area contributed by atoms with Gasteiger partial charge in [-0.15, -0.1) is 0 Å². The van der Waals surface area contributed by atoms with Gasteiger partial charge in [-0.25, -0.2) is 9.97 Å². The number of nitrogens with two attached hydrogens (primary N) is 1. The van der Waals surface area contributed by atoms with E-state index in [2.05, 4.69) is 15.0 Å². The first kappa shape index (κ1) is 17.9. The van der Waals surface area contributed by atoms with Gasteiger partial charge < -0.3 is 10.6 Å². The molecule has 2 aromatic rings. The third-order valence-electron chi connectivity index (χ3n) is 5.77. The van der Waals surface area contributed by atoms with Crippen LogP contribution in [0.25, 0.3) is 0 Å². The molecule has 0 bridgehead atoms. The Labute approximate surface area is 159 Å². The molecule has 4 rings (SSSR count).